The third-order valence-electron chi connectivity index (χ3n) is 6.05. The highest BCUT2D eigenvalue weighted by Crippen LogP contribution is 2.34. The number of carbonyl (C=O) groups excluding carboxylic acids is 2. The molecule has 5 nitrogen and oxygen atoms in total. The van der Waals surface area contributed by atoms with Crippen molar-refractivity contribution in [2.24, 2.45) is 5.92 Å². The van der Waals surface area contributed by atoms with Crippen LogP contribution in [0.5, 0.6) is 0 Å². The number of aliphatic hydroxyl groups excluding tert-OH is 1. The molecule has 32 heavy (non-hydrogen) atoms. The van der Waals surface area contributed by atoms with Gasteiger partial charge in [0.15, 0.2) is 0 Å². The highest BCUT2D eigenvalue weighted by atomic mass is 19.3. The summed E-state index contributed by atoms with van der Waals surface area (Å²) in [5, 5.41) is 20.9. The van der Waals surface area contributed by atoms with E-state index in [1.807, 2.05) is 25.1 Å². The Hall–Kier alpha value is -2.28. The fourth-order valence-corrected chi connectivity index (χ4v) is 4.04. The number of aryl methyl sites for hydroxylation is 1. The number of nitrogens with zero attached hydrogens (tertiary/aromatic N) is 1. The predicted octanol–water partition coefficient (Wildman–Crippen LogP) is 3.50. The molecule has 1 heterocycles. The molecule has 178 valence electrons. The Balaban J connectivity index is 1.81. The molecular formula is C25H34F2NO4-. The number of likely N-dealkylation sites (tertiary alicyclic amines) is 1. The van der Waals surface area contributed by atoms with Crippen molar-refractivity contribution in [2.45, 2.75) is 82.8 Å². The molecule has 0 aromatic heterocycles. The second kappa shape index (κ2) is 12.7. The number of carboxylic acid groups (broad SMARTS) is 1. The number of hydrogen-bond donors (Lipinski definition) is 1. The first-order valence-corrected chi connectivity index (χ1v) is 11.5. The van der Waals surface area contributed by atoms with E-state index < -0.39 is 36.4 Å². The van der Waals surface area contributed by atoms with Crippen LogP contribution >= 0.6 is 0 Å². The molecule has 7 heteroatoms. The largest absolute Gasteiger partial charge is 0.550 e. The summed E-state index contributed by atoms with van der Waals surface area (Å²) in [5.41, 5.74) is 1.24. The number of rotatable bonds is 14. The lowest BCUT2D eigenvalue weighted by Crippen LogP contribution is -2.36. The van der Waals surface area contributed by atoms with E-state index in [9.17, 15) is 28.6 Å². The van der Waals surface area contributed by atoms with Gasteiger partial charge in [0.2, 0.25) is 0 Å². The molecule has 2 unspecified atom stereocenters. The van der Waals surface area contributed by atoms with Crippen molar-refractivity contribution in [1.29, 1.82) is 0 Å². The standard InChI is InChI=1S/C25H35F2NO4/c1-19(10-9-13-20-11-5-4-6-12-20)22(29)16-15-21-18-25(26,27)24(32)28(21)17-8-3-2-7-14-23(30)31/h4-6,11-12,15-16,19,21-22,29H,2-3,7-10,13-14,17-18H2,1H3,(H,30,31)/p-1/b16-15+/t19?,21-,22?/m0/s1. The molecule has 0 bridgehead atoms. The van der Waals surface area contributed by atoms with Gasteiger partial charge in [0.25, 0.3) is 5.91 Å². The SMILES string of the molecule is CC(CCCc1ccccc1)C(O)/C=C/[C@H]1CC(F)(F)C(=O)N1CCCCCCC(=O)[O-]. The molecule has 1 saturated heterocycles. The van der Waals surface area contributed by atoms with Gasteiger partial charge in [0.1, 0.15) is 0 Å². The van der Waals surface area contributed by atoms with Gasteiger partial charge in [-0.1, -0.05) is 62.2 Å². The Morgan fingerprint density at radius 3 is 2.59 bits per heavy atom. The van der Waals surface area contributed by atoms with Gasteiger partial charge in [-0.15, -0.1) is 0 Å². The fraction of sp³-hybridized carbons (Fsp3) is 0.600. The molecule has 1 aliphatic rings. The zero-order valence-electron chi connectivity index (χ0n) is 18.7. The van der Waals surface area contributed by atoms with Crippen molar-refractivity contribution in [3.63, 3.8) is 0 Å². The van der Waals surface area contributed by atoms with Gasteiger partial charge in [-0.05, 0) is 50.0 Å². The van der Waals surface area contributed by atoms with Crippen molar-refractivity contribution in [2.75, 3.05) is 6.54 Å². The molecule has 1 fully saturated rings. The molecule has 1 N–H and O–H groups in total. The third-order valence-corrected chi connectivity index (χ3v) is 6.05. The van der Waals surface area contributed by atoms with Crippen LogP contribution in [-0.4, -0.2) is 46.5 Å². The van der Waals surface area contributed by atoms with Crippen LogP contribution in [-0.2, 0) is 16.0 Å². The van der Waals surface area contributed by atoms with E-state index in [4.69, 9.17) is 0 Å². The van der Waals surface area contributed by atoms with Gasteiger partial charge in [-0.25, -0.2) is 0 Å². The van der Waals surface area contributed by atoms with Crippen LogP contribution in [0.3, 0.4) is 0 Å². The van der Waals surface area contributed by atoms with Crippen molar-refractivity contribution in [1.82, 2.24) is 4.90 Å². The number of hydrogen-bond acceptors (Lipinski definition) is 4. The molecule has 1 aromatic carbocycles. The number of aliphatic carboxylic acids is 1. The van der Waals surface area contributed by atoms with Crippen molar-refractivity contribution in [3.8, 4) is 0 Å². The summed E-state index contributed by atoms with van der Waals surface area (Å²) in [4.78, 5) is 23.7. The van der Waals surface area contributed by atoms with Gasteiger partial charge in [-0.3, -0.25) is 4.79 Å². The molecule has 1 aliphatic heterocycles. The number of unbranched alkanes of at least 4 members (excludes halogenated alkanes) is 3. The Kier molecular flexibility index (Phi) is 10.3. The summed E-state index contributed by atoms with van der Waals surface area (Å²) in [6, 6.07) is 9.35. The van der Waals surface area contributed by atoms with E-state index in [0.717, 1.165) is 19.3 Å². The minimum absolute atomic E-state index is 0.0203. The third kappa shape index (κ3) is 8.34. The van der Waals surface area contributed by atoms with Gasteiger partial charge in [-0.2, -0.15) is 8.78 Å². The Morgan fingerprint density at radius 2 is 1.91 bits per heavy atom. The molecule has 2 rings (SSSR count). The summed E-state index contributed by atoms with van der Waals surface area (Å²) < 4.78 is 28.0. The highest BCUT2D eigenvalue weighted by molar-refractivity contribution is 5.86. The quantitative estimate of drug-likeness (QED) is 0.348. The number of carboxylic acids is 1. The number of aliphatic hydroxyl groups is 1. The molecule has 0 saturated carbocycles. The first kappa shape index (κ1) is 26.0. The first-order valence-electron chi connectivity index (χ1n) is 11.5. The number of amides is 1. The molecule has 0 spiro atoms. The highest BCUT2D eigenvalue weighted by Gasteiger charge is 2.52. The van der Waals surface area contributed by atoms with Crippen LogP contribution < -0.4 is 5.11 Å². The van der Waals surface area contributed by atoms with Crippen molar-refractivity contribution >= 4 is 11.9 Å². The number of benzene rings is 1. The summed E-state index contributed by atoms with van der Waals surface area (Å²) in [5.74, 6) is -5.69. The van der Waals surface area contributed by atoms with Gasteiger partial charge in [0.05, 0.1) is 12.1 Å². The average molecular weight is 451 g/mol. The number of halogens is 2. The van der Waals surface area contributed by atoms with E-state index in [1.54, 1.807) is 6.08 Å². The smallest absolute Gasteiger partial charge is 0.327 e. The predicted molar refractivity (Wildman–Crippen MR) is 117 cm³/mol. The first-order chi connectivity index (χ1) is 15.2. The second-order valence-corrected chi connectivity index (χ2v) is 8.74. The van der Waals surface area contributed by atoms with Crippen LogP contribution in [0.15, 0.2) is 42.5 Å². The van der Waals surface area contributed by atoms with E-state index in [-0.39, 0.29) is 18.9 Å². The summed E-state index contributed by atoms with van der Waals surface area (Å²) >= 11 is 0. The van der Waals surface area contributed by atoms with E-state index in [1.165, 1.54) is 16.5 Å². The average Bonchev–Trinajstić information content (AvgIpc) is 2.97. The second-order valence-electron chi connectivity index (χ2n) is 8.74. The number of carbonyl (C=O) groups is 2. The molecule has 1 amide bonds. The van der Waals surface area contributed by atoms with Crippen molar-refractivity contribution in [3.05, 3.63) is 48.0 Å². The maximum Gasteiger partial charge on any atom is 0.327 e. The lowest BCUT2D eigenvalue weighted by molar-refractivity contribution is -0.305. The normalized spacial score (nSPS) is 20.1. The zero-order valence-corrected chi connectivity index (χ0v) is 18.7. The zero-order chi connectivity index (χ0) is 23.6. The topological polar surface area (TPSA) is 80.7 Å². The monoisotopic (exact) mass is 450 g/mol. The van der Waals surface area contributed by atoms with E-state index in [0.29, 0.717) is 25.7 Å². The van der Waals surface area contributed by atoms with Gasteiger partial charge in [0, 0.05) is 18.9 Å². The summed E-state index contributed by atoms with van der Waals surface area (Å²) in [7, 11) is 0. The molecule has 0 aliphatic carbocycles. The lowest BCUT2D eigenvalue weighted by atomic mass is 9.95. The van der Waals surface area contributed by atoms with Crippen LogP contribution in [0.4, 0.5) is 8.78 Å². The minimum atomic E-state index is -3.39. The van der Waals surface area contributed by atoms with Crippen LogP contribution in [0.25, 0.3) is 0 Å². The lowest BCUT2D eigenvalue weighted by Gasteiger charge is -2.22. The van der Waals surface area contributed by atoms with Gasteiger partial charge < -0.3 is 19.9 Å². The Bertz CT molecular complexity index is 754. The van der Waals surface area contributed by atoms with Gasteiger partial charge >= 0.3 is 5.92 Å². The van der Waals surface area contributed by atoms with Crippen LogP contribution in [0.2, 0.25) is 0 Å². The molecule has 1 aromatic rings. The Labute approximate surface area is 189 Å². The van der Waals surface area contributed by atoms with E-state index >= 15 is 0 Å². The van der Waals surface area contributed by atoms with Crippen molar-refractivity contribution < 1.29 is 28.6 Å². The maximum atomic E-state index is 14.0. The fourth-order valence-electron chi connectivity index (χ4n) is 4.04. The number of alkyl halides is 2. The van der Waals surface area contributed by atoms with Crippen LogP contribution in [0.1, 0.15) is 63.9 Å². The molecule has 0 radical (unpaired) electrons. The minimum Gasteiger partial charge on any atom is -0.550 e. The Morgan fingerprint density at radius 1 is 1.22 bits per heavy atom. The maximum absolute atomic E-state index is 14.0. The molecular weight excluding hydrogens is 416 g/mol. The van der Waals surface area contributed by atoms with Crippen LogP contribution in [0, 0.1) is 5.92 Å². The van der Waals surface area contributed by atoms with E-state index in [2.05, 4.69) is 12.1 Å². The summed E-state index contributed by atoms with van der Waals surface area (Å²) in [6.07, 6.45) is 6.65. The molecule has 3 atom stereocenters. The summed E-state index contributed by atoms with van der Waals surface area (Å²) in [6.45, 7) is 2.12.